The number of rotatable bonds is 2. The lowest BCUT2D eigenvalue weighted by atomic mass is 10.2. The largest absolute Gasteiger partial charge is 0.384 e. The summed E-state index contributed by atoms with van der Waals surface area (Å²) in [4.78, 5) is 11.5. The zero-order chi connectivity index (χ0) is 14.8. The van der Waals surface area contributed by atoms with Crippen molar-refractivity contribution in [1.29, 1.82) is 0 Å². The van der Waals surface area contributed by atoms with Crippen LogP contribution in [-0.2, 0) is 0 Å². The number of nitrogens with two attached hydrogens (primary N) is 1. The molecule has 2 aromatic rings. The molecule has 2 atom stereocenters. The molecular formula is C16H20N4S. The number of anilines is 2. The summed E-state index contributed by atoms with van der Waals surface area (Å²) in [7, 11) is 0. The van der Waals surface area contributed by atoms with E-state index in [1.807, 2.05) is 48.2 Å². The van der Waals surface area contributed by atoms with Crippen LogP contribution < -0.4 is 10.6 Å². The van der Waals surface area contributed by atoms with Gasteiger partial charge in [0.05, 0.1) is 0 Å². The quantitative estimate of drug-likeness (QED) is 0.924. The lowest BCUT2D eigenvalue weighted by molar-refractivity contribution is 0.620. The van der Waals surface area contributed by atoms with Crippen molar-refractivity contribution in [3.8, 4) is 11.4 Å². The van der Waals surface area contributed by atoms with Gasteiger partial charge in [-0.05, 0) is 6.92 Å². The number of aromatic nitrogens is 2. The fourth-order valence-corrected chi connectivity index (χ4v) is 3.67. The standard InChI is InChI=1S/C16H20N4S/c1-11-12(2)21-9-8-20(11)15-10-14(17)18-16(19-15)13-6-4-3-5-7-13/h3-7,10-12H,8-9H2,1-2H3,(H2,17,18,19). The Kier molecular flexibility index (Phi) is 4.01. The minimum atomic E-state index is 0.446. The first-order valence-electron chi connectivity index (χ1n) is 7.23. The van der Waals surface area contributed by atoms with Crippen LogP contribution in [0.3, 0.4) is 0 Å². The van der Waals surface area contributed by atoms with E-state index < -0.39 is 0 Å². The van der Waals surface area contributed by atoms with Crippen molar-refractivity contribution in [1.82, 2.24) is 9.97 Å². The highest BCUT2D eigenvalue weighted by atomic mass is 32.2. The number of nitrogens with zero attached hydrogens (tertiary/aromatic N) is 3. The van der Waals surface area contributed by atoms with Crippen LogP contribution in [0.25, 0.3) is 11.4 Å². The minimum Gasteiger partial charge on any atom is -0.384 e. The third-order valence-corrected chi connectivity index (χ3v) is 5.28. The van der Waals surface area contributed by atoms with Gasteiger partial charge in [0.15, 0.2) is 5.82 Å². The van der Waals surface area contributed by atoms with E-state index in [-0.39, 0.29) is 0 Å². The molecule has 1 aromatic heterocycles. The molecule has 21 heavy (non-hydrogen) atoms. The molecule has 2 N–H and O–H groups in total. The fourth-order valence-electron chi connectivity index (χ4n) is 2.57. The monoisotopic (exact) mass is 300 g/mol. The summed E-state index contributed by atoms with van der Waals surface area (Å²) < 4.78 is 0. The molecular weight excluding hydrogens is 280 g/mol. The predicted molar refractivity (Wildman–Crippen MR) is 90.6 cm³/mol. The summed E-state index contributed by atoms with van der Waals surface area (Å²) in [5.41, 5.74) is 7.00. The van der Waals surface area contributed by atoms with E-state index in [2.05, 4.69) is 23.7 Å². The van der Waals surface area contributed by atoms with Gasteiger partial charge in [0.25, 0.3) is 0 Å². The Balaban J connectivity index is 1.98. The lowest BCUT2D eigenvalue weighted by Gasteiger charge is -2.38. The lowest BCUT2D eigenvalue weighted by Crippen LogP contribution is -2.45. The summed E-state index contributed by atoms with van der Waals surface area (Å²) >= 11 is 2.01. The van der Waals surface area contributed by atoms with Crippen LogP contribution in [0.4, 0.5) is 11.6 Å². The van der Waals surface area contributed by atoms with Gasteiger partial charge in [-0.1, -0.05) is 37.3 Å². The predicted octanol–water partition coefficient (Wildman–Crippen LogP) is 3.06. The number of hydrogen-bond acceptors (Lipinski definition) is 5. The van der Waals surface area contributed by atoms with Crippen molar-refractivity contribution < 1.29 is 0 Å². The second-order valence-electron chi connectivity index (χ2n) is 5.35. The Morgan fingerprint density at radius 1 is 1.19 bits per heavy atom. The van der Waals surface area contributed by atoms with Crippen LogP contribution in [0, 0.1) is 0 Å². The second kappa shape index (κ2) is 5.93. The zero-order valence-corrected chi connectivity index (χ0v) is 13.2. The van der Waals surface area contributed by atoms with E-state index in [1.165, 1.54) is 0 Å². The summed E-state index contributed by atoms with van der Waals surface area (Å²) in [5.74, 6) is 3.28. The first-order chi connectivity index (χ1) is 10.1. The maximum absolute atomic E-state index is 6.00. The summed E-state index contributed by atoms with van der Waals surface area (Å²) in [6.45, 7) is 5.52. The first kappa shape index (κ1) is 14.2. The zero-order valence-electron chi connectivity index (χ0n) is 12.4. The van der Waals surface area contributed by atoms with Crippen LogP contribution in [0.1, 0.15) is 13.8 Å². The Labute approximate surface area is 129 Å². The van der Waals surface area contributed by atoms with Crippen LogP contribution in [0.2, 0.25) is 0 Å². The molecule has 1 fully saturated rings. The van der Waals surface area contributed by atoms with E-state index in [1.54, 1.807) is 0 Å². The second-order valence-corrected chi connectivity index (χ2v) is 6.84. The molecule has 5 heteroatoms. The van der Waals surface area contributed by atoms with Gasteiger partial charge in [-0.2, -0.15) is 11.8 Å². The maximum atomic E-state index is 6.00. The molecule has 1 aliphatic rings. The van der Waals surface area contributed by atoms with E-state index in [0.717, 1.165) is 23.7 Å². The smallest absolute Gasteiger partial charge is 0.163 e. The third-order valence-electron chi connectivity index (χ3n) is 3.94. The molecule has 0 amide bonds. The molecule has 110 valence electrons. The molecule has 0 bridgehead atoms. The van der Waals surface area contributed by atoms with Gasteiger partial charge in [-0.3, -0.25) is 0 Å². The van der Waals surface area contributed by atoms with Crippen molar-refractivity contribution in [2.75, 3.05) is 22.9 Å². The number of thioether (sulfide) groups is 1. The molecule has 1 aliphatic heterocycles. The molecule has 1 saturated heterocycles. The molecule has 0 aliphatic carbocycles. The molecule has 0 radical (unpaired) electrons. The Hall–Kier alpha value is -1.75. The summed E-state index contributed by atoms with van der Waals surface area (Å²) in [6.07, 6.45) is 0. The van der Waals surface area contributed by atoms with Gasteiger partial charge in [0.2, 0.25) is 0 Å². The highest BCUT2D eigenvalue weighted by molar-refractivity contribution is 8.00. The van der Waals surface area contributed by atoms with Crippen LogP contribution >= 0.6 is 11.8 Å². The normalized spacial score (nSPS) is 22.3. The van der Waals surface area contributed by atoms with E-state index in [9.17, 15) is 0 Å². The minimum absolute atomic E-state index is 0.446. The molecule has 3 rings (SSSR count). The molecule has 0 spiro atoms. The topological polar surface area (TPSA) is 55.0 Å². The Morgan fingerprint density at radius 3 is 2.71 bits per heavy atom. The van der Waals surface area contributed by atoms with Gasteiger partial charge >= 0.3 is 0 Å². The van der Waals surface area contributed by atoms with E-state index in [0.29, 0.717) is 22.9 Å². The fraction of sp³-hybridized carbons (Fsp3) is 0.375. The number of hydrogen-bond donors (Lipinski definition) is 1. The third kappa shape index (κ3) is 2.97. The molecule has 4 nitrogen and oxygen atoms in total. The maximum Gasteiger partial charge on any atom is 0.163 e. The van der Waals surface area contributed by atoms with Crippen molar-refractivity contribution in [3.63, 3.8) is 0 Å². The summed E-state index contributed by atoms with van der Waals surface area (Å²) in [6, 6.07) is 12.3. The van der Waals surface area contributed by atoms with Gasteiger partial charge in [0, 0.05) is 35.2 Å². The van der Waals surface area contributed by atoms with Crippen LogP contribution in [0.5, 0.6) is 0 Å². The van der Waals surface area contributed by atoms with E-state index in [4.69, 9.17) is 10.7 Å². The van der Waals surface area contributed by atoms with Crippen molar-refractivity contribution >= 4 is 23.4 Å². The SMILES string of the molecule is CC1SCCN(c2cc(N)nc(-c3ccccc3)n2)C1C. The van der Waals surface area contributed by atoms with Crippen molar-refractivity contribution in [2.45, 2.75) is 25.1 Å². The van der Waals surface area contributed by atoms with E-state index >= 15 is 0 Å². The summed E-state index contributed by atoms with van der Waals surface area (Å²) in [5, 5.41) is 0.593. The van der Waals surface area contributed by atoms with Crippen molar-refractivity contribution in [2.24, 2.45) is 0 Å². The van der Waals surface area contributed by atoms with Crippen molar-refractivity contribution in [3.05, 3.63) is 36.4 Å². The van der Waals surface area contributed by atoms with Crippen LogP contribution in [-0.4, -0.2) is 33.6 Å². The molecule has 0 saturated carbocycles. The first-order valence-corrected chi connectivity index (χ1v) is 8.28. The Bertz CT molecular complexity index is 617. The molecule has 1 aromatic carbocycles. The number of nitrogen functional groups attached to an aromatic ring is 1. The van der Waals surface area contributed by atoms with Gasteiger partial charge < -0.3 is 10.6 Å². The average Bonchev–Trinajstić information content (AvgIpc) is 2.50. The molecule has 2 heterocycles. The van der Waals surface area contributed by atoms with Gasteiger partial charge in [-0.25, -0.2) is 9.97 Å². The highest BCUT2D eigenvalue weighted by Crippen LogP contribution is 2.29. The molecule has 2 unspecified atom stereocenters. The number of benzene rings is 1. The van der Waals surface area contributed by atoms with Crippen LogP contribution in [0.15, 0.2) is 36.4 Å². The Morgan fingerprint density at radius 2 is 1.95 bits per heavy atom. The van der Waals surface area contributed by atoms with Gasteiger partial charge in [0.1, 0.15) is 11.6 Å². The average molecular weight is 300 g/mol. The highest BCUT2D eigenvalue weighted by Gasteiger charge is 2.26. The van der Waals surface area contributed by atoms with Gasteiger partial charge in [-0.15, -0.1) is 0 Å².